The molecule has 0 saturated carbocycles. The monoisotopic (exact) mass is 299 g/mol. The van der Waals surface area contributed by atoms with E-state index in [-0.39, 0.29) is 18.6 Å². The molecule has 1 atom stereocenters. The summed E-state index contributed by atoms with van der Waals surface area (Å²) in [4.78, 5) is 13.7. The zero-order valence-corrected chi connectivity index (χ0v) is 12.3. The van der Waals surface area contributed by atoms with Crippen molar-refractivity contribution >= 4 is 23.6 Å². The molecule has 2 heterocycles. The van der Waals surface area contributed by atoms with Gasteiger partial charge in [-0.2, -0.15) is 5.10 Å². The molecule has 1 saturated heterocycles. The number of aromatic nitrogens is 2. The molecule has 1 N–H and O–H groups in total. The number of halogens is 1. The van der Waals surface area contributed by atoms with E-state index in [9.17, 15) is 4.79 Å². The maximum Gasteiger partial charge on any atom is 0.246 e. The molecule has 1 fully saturated rings. The Morgan fingerprint density at radius 2 is 2.40 bits per heavy atom. The Morgan fingerprint density at radius 3 is 3.00 bits per heavy atom. The van der Waals surface area contributed by atoms with Crippen LogP contribution in [0.3, 0.4) is 0 Å². The summed E-state index contributed by atoms with van der Waals surface area (Å²) in [5.41, 5.74) is 1.52. The predicted octanol–water partition coefficient (Wildman–Crippen LogP) is 0.615. The number of amides is 1. The number of aliphatic hydroxyl groups excluding tert-OH is 1. The van der Waals surface area contributed by atoms with Crippen LogP contribution in [0.5, 0.6) is 0 Å². The molecule has 0 radical (unpaired) electrons. The molecule has 0 spiro atoms. The van der Waals surface area contributed by atoms with Gasteiger partial charge in [0, 0.05) is 31.8 Å². The molecule has 1 amide bonds. The summed E-state index contributed by atoms with van der Waals surface area (Å²) >= 11 is 6.10. The maximum absolute atomic E-state index is 12.1. The van der Waals surface area contributed by atoms with Crippen LogP contribution in [0.25, 0.3) is 6.08 Å². The minimum absolute atomic E-state index is 0.0823. The Bertz CT molecular complexity index is 527. The van der Waals surface area contributed by atoms with Crippen molar-refractivity contribution in [3.05, 3.63) is 22.5 Å². The molecular formula is C13H18ClN3O3. The second-order valence-electron chi connectivity index (χ2n) is 4.71. The van der Waals surface area contributed by atoms with Gasteiger partial charge in [-0.25, -0.2) is 0 Å². The second kappa shape index (κ2) is 6.39. The number of nitrogens with zero attached hydrogens (tertiary/aromatic N) is 3. The summed E-state index contributed by atoms with van der Waals surface area (Å²) in [6, 6.07) is 0. The lowest BCUT2D eigenvalue weighted by Crippen LogP contribution is -2.46. The Kier molecular flexibility index (Phi) is 4.80. The van der Waals surface area contributed by atoms with E-state index < -0.39 is 0 Å². The number of aryl methyl sites for hydroxylation is 2. The molecule has 7 heteroatoms. The average Bonchev–Trinajstić information content (AvgIpc) is 2.70. The van der Waals surface area contributed by atoms with Gasteiger partial charge in [0.1, 0.15) is 5.15 Å². The normalized spacial score (nSPS) is 19.8. The van der Waals surface area contributed by atoms with E-state index in [1.807, 2.05) is 6.92 Å². The largest absolute Gasteiger partial charge is 0.394 e. The van der Waals surface area contributed by atoms with Crippen molar-refractivity contribution in [2.24, 2.45) is 7.05 Å². The first-order chi connectivity index (χ1) is 9.52. The first-order valence-corrected chi connectivity index (χ1v) is 6.79. The van der Waals surface area contributed by atoms with Gasteiger partial charge >= 0.3 is 0 Å². The zero-order valence-electron chi connectivity index (χ0n) is 11.5. The van der Waals surface area contributed by atoms with Crippen LogP contribution in [0.1, 0.15) is 11.3 Å². The molecule has 0 aromatic carbocycles. The van der Waals surface area contributed by atoms with Gasteiger partial charge in [0.2, 0.25) is 5.91 Å². The third-order valence-corrected chi connectivity index (χ3v) is 3.69. The quantitative estimate of drug-likeness (QED) is 0.831. The molecule has 1 unspecified atom stereocenters. The molecule has 20 heavy (non-hydrogen) atoms. The highest BCUT2D eigenvalue weighted by molar-refractivity contribution is 6.31. The third kappa shape index (κ3) is 3.20. The lowest BCUT2D eigenvalue weighted by Gasteiger charge is -2.31. The number of carbonyl (C=O) groups is 1. The predicted molar refractivity (Wildman–Crippen MR) is 75.4 cm³/mol. The third-order valence-electron chi connectivity index (χ3n) is 3.24. The van der Waals surface area contributed by atoms with Gasteiger partial charge in [-0.1, -0.05) is 11.6 Å². The van der Waals surface area contributed by atoms with Crippen LogP contribution >= 0.6 is 11.6 Å². The molecular weight excluding hydrogens is 282 g/mol. The van der Waals surface area contributed by atoms with Crippen molar-refractivity contribution in [1.29, 1.82) is 0 Å². The van der Waals surface area contributed by atoms with Crippen molar-refractivity contribution < 1.29 is 14.6 Å². The second-order valence-corrected chi connectivity index (χ2v) is 5.06. The lowest BCUT2D eigenvalue weighted by molar-refractivity contribution is -0.134. The van der Waals surface area contributed by atoms with Crippen molar-refractivity contribution in [3.8, 4) is 0 Å². The van der Waals surface area contributed by atoms with Crippen molar-refractivity contribution in [2.75, 3.05) is 26.3 Å². The van der Waals surface area contributed by atoms with Gasteiger partial charge in [0.25, 0.3) is 0 Å². The maximum atomic E-state index is 12.1. The van der Waals surface area contributed by atoms with Crippen LogP contribution in [-0.4, -0.2) is 58.1 Å². The van der Waals surface area contributed by atoms with Crippen LogP contribution in [0.4, 0.5) is 0 Å². The first kappa shape index (κ1) is 15.0. The topological polar surface area (TPSA) is 67.6 Å². The Morgan fingerprint density at radius 1 is 1.65 bits per heavy atom. The number of morpholine rings is 1. The minimum Gasteiger partial charge on any atom is -0.394 e. The number of ether oxygens (including phenoxy) is 1. The van der Waals surface area contributed by atoms with Gasteiger partial charge in [-0.3, -0.25) is 9.48 Å². The van der Waals surface area contributed by atoms with E-state index in [1.165, 1.54) is 6.08 Å². The molecule has 1 aliphatic heterocycles. The molecule has 0 bridgehead atoms. The van der Waals surface area contributed by atoms with Crippen LogP contribution in [0.2, 0.25) is 5.15 Å². The van der Waals surface area contributed by atoms with Gasteiger partial charge in [0.15, 0.2) is 0 Å². The van der Waals surface area contributed by atoms with Gasteiger partial charge < -0.3 is 14.7 Å². The smallest absolute Gasteiger partial charge is 0.246 e. The molecule has 2 rings (SSSR count). The summed E-state index contributed by atoms with van der Waals surface area (Å²) in [6.07, 6.45) is 2.86. The SMILES string of the molecule is Cc1nn(C)c(Cl)c1/C=C/C(=O)N1CCOC(CO)C1. The summed E-state index contributed by atoms with van der Waals surface area (Å²) in [6.45, 7) is 3.13. The van der Waals surface area contributed by atoms with E-state index in [4.69, 9.17) is 21.4 Å². The standard InChI is InChI=1S/C13H18ClN3O3/c1-9-11(13(14)16(2)15-9)3-4-12(19)17-5-6-20-10(7-17)8-18/h3-4,10,18H,5-8H2,1-2H3/b4-3+. The van der Waals surface area contributed by atoms with Crippen LogP contribution in [0.15, 0.2) is 6.08 Å². The summed E-state index contributed by atoms with van der Waals surface area (Å²) in [7, 11) is 1.75. The minimum atomic E-state index is -0.301. The van der Waals surface area contributed by atoms with Crippen molar-refractivity contribution in [2.45, 2.75) is 13.0 Å². The average molecular weight is 300 g/mol. The lowest BCUT2D eigenvalue weighted by atomic mass is 10.2. The number of carbonyl (C=O) groups excluding carboxylic acids is 1. The highest BCUT2D eigenvalue weighted by atomic mass is 35.5. The Hall–Kier alpha value is -1.37. The molecule has 1 aromatic rings. The fourth-order valence-corrected chi connectivity index (χ4v) is 2.36. The number of aliphatic hydroxyl groups is 1. The molecule has 1 aromatic heterocycles. The number of hydrogen-bond acceptors (Lipinski definition) is 4. The molecule has 6 nitrogen and oxygen atoms in total. The summed E-state index contributed by atoms with van der Waals surface area (Å²) in [5.74, 6) is -0.119. The number of hydrogen-bond donors (Lipinski definition) is 1. The fraction of sp³-hybridized carbons (Fsp3) is 0.538. The van der Waals surface area contributed by atoms with E-state index in [0.29, 0.717) is 24.8 Å². The van der Waals surface area contributed by atoms with Crippen LogP contribution < -0.4 is 0 Å². The first-order valence-electron chi connectivity index (χ1n) is 6.41. The molecule has 1 aliphatic rings. The van der Waals surface area contributed by atoms with Gasteiger partial charge in [0.05, 0.1) is 25.0 Å². The zero-order chi connectivity index (χ0) is 14.7. The van der Waals surface area contributed by atoms with E-state index in [2.05, 4.69) is 5.10 Å². The highest BCUT2D eigenvalue weighted by Gasteiger charge is 2.22. The Balaban J connectivity index is 2.05. The van der Waals surface area contributed by atoms with Gasteiger partial charge in [-0.15, -0.1) is 0 Å². The van der Waals surface area contributed by atoms with Crippen LogP contribution in [-0.2, 0) is 16.6 Å². The molecule has 0 aliphatic carbocycles. The Labute approximate surface area is 122 Å². The number of rotatable bonds is 3. The van der Waals surface area contributed by atoms with E-state index in [0.717, 1.165) is 11.3 Å². The highest BCUT2D eigenvalue weighted by Crippen LogP contribution is 2.20. The molecule has 110 valence electrons. The van der Waals surface area contributed by atoms with Crippen LogP contribution in [0, 0.1) is 6.92 Å². The van der Waals surface area contributed by atoms with E-state index in [1.54, 1.807) is 22.7 Å². The van der Waals surface area contributed by atoms with Crippen molar-refractivity contribution in [3.63, 3.8) is 0 Å². The van der Waals surface area contributed by atoms with Gasteiger partial charge in [-0.05, 0) is 13.0 Å². The van der Waals surface area contributed by atoms with E-state index >= 15 is 0 Å². The summed E-state index contributed by atoms with van der Waals surface area (Å²) < 4.78 is 6.88. The summed E-state index contributed by atoms with van der Waals surface area (Å²) in [5, 5.41) is 13.7. The van der Waals surface area contributed by atoms with Crippen molar-refractivity contribution in [1.82, 2.24) is 14.7 Å². The fourth-order valence-electron chi connectivity index (χ4n) is 2.13.